The normalized spacial score (nSPS) is 12.5. The van der Waals surface area contributed by atoms with Gasteiger partial charge in [0.15, 0.2) is 0 Å². The number of hydrogen-bond donors (Lipinski definition) is 1. The third kappa shape index (κ3) is 3.86. The molecule has 0 saturated carbocycles. The molecular weight excluding hydrogens is 196 g/mol. The zero-order valence-corrected chi connectivity index (χ0v) is 11.0. The minimum absolute atomic E-state index is 0.581. The van der Waals surface area contributed by atoms with Gasteiger partial charge in [0.05, 0.1) is 0 Å². The highest BCUT2D eigenvalue weighted by Gasteiger charge is 2.03. The molecule has 0 heterocycles. The first kappa shape index (κ1) is 13.0. The van der Waals surface area contributed by atoms with Crippen LogP contribution in [0.3, 0.4) is 0 Å². The fourth-order valence-corrected chi connectivity index (χ4v) is 1.65. The Balaban J connectivity index is 2.49. The van der Waals surface area contributed by atoms with Crippen LogP contribution in [0.4, 0.5) is 5.69 Å². The molecule has 0 bridgehead atoms. The van der Waals surface area contributed by atoms with Crippen molar-refractivity contribution < 1.29 is 0 Å². The lowest BCUT2D eigenvalue weighted by Gasteiger charge is -2.21. The summed E-state index contributed by atoms with van der Waals surface area (Å²) >= 11 is 0. The van der Waals surface area contributed by atoms with Crippen molar-refractivity contribution in [3.8, 4) is 0 Å². The van der Waals surface area contributed by atoms with Gasteiger partial charge in [-0.2, -0.15) is 0 Å². The lowest BCUT2D eigenvalue weighted by atomic mass is 10.1. The molecule has 2 nitrogen and oxygen atoms in total. The average molecular weight is 220 g/mol. The number of nitrogens with one attached hydrogen (secondary N) is 1. The van der Waals surface area contributed by atoms with Crippen LogP contribution in [0.1, 0.15) is 25.8 Å². The maximum Gasteiger partial charge on any atom is 0.0363 e. The van der Waals surface area contributed by atoms with Crippen molar-refractivity contribution in [2.75, 3.05) is 25.5 Å². The first-order chi connectivity index (χ1) is 7.67. The van der Waals surface area contributed by atoms with Gasteiger partial charge in [0.1, 0.15) is 0 Å². The predicted octanol–water partition coefficient (Wildman–Crippen LogP) is 2.68. The predicted molar refractivity (Wildman–Crippen MR) is 72.2 cm³/mol. The third-order valence-corrected chi connectivity index (χ3v) is 3.18. The van der Waals surface area contributed by atoms with Gasteiger partial charge in [-0.1, -0.05) is 19.1 Å². The van der Waals surface area contributed by atoms with Crippen molar-refractivity contribution in [3.63, 3.8) is 0 Å². The average Bonchev–Trinajstić information content (AvgIpc) is 2.35. The molecule has 0 saturated heterocycles. The van der Waals surface area contributed by atoms with Crippen LogP contribution in [0.5, 0.6) is 0 Å². The second-order valence-corrected chi connectivity index (χ2v) is 4.42. The SMILES string of the molecule is CCc1ccc(N(C)CCC(C)NC)cc1. The van der Waals surface area contributed by atoms with E-state index in [1.54, 1.807) is 0 Å². The highest BCUT2D eigenvalue weighted by Crippen LogP contribution is 2.14. The Kier molecular flexibility index (Phi) is 5.33. The van der Waals surface area contributed by atoms with Gasteiger partial charge < -0.3 is 10.2 Å². The summed E-state index contributed by atoms with van der Waals surface area (Å²) in [6.45, 7) is 5.49. The number of anilines is 1. The lowest BCUT2D eigenvalue weighted by Crippen LogP contribution is -2.28. The van der Waals surface area contributed by atoms with Crippen molar-refractivity contribution in [1.82, 2.24) is 5.32 Å². The van der Waals surface area contributed by atoms with Crippen LogP contribution < -0.4 is 10.2 Å². The van der Waals surface area contributed by atoms with Gasteiger partial charge in [0, 0.05) is 25.3 Å². The standard InChI is InChI=1S/C14H24N2/c1-5-13-6-8-14(9-7-13)16(4)11-10-12(2)15-3/h6-9,12,15H,5,10-11H2,1-4H3. The first-order valence-electron chi connectivity index (χ1n) is 6.14. The Morgan fingerprint density at radius 1 is 1.25 bits per heavy atom. The zero-order chi connectivity index (χ0) is 12.0. The Labute approximate surface area is 99.7 Å². The van der Waals surface area contributed by atoms with E-state index in [4.69, 9.17) is 0 Å². The first-order valence-corrected chi connectivity index (χ1v) is 6.14. The molecule has 0 aromatic heterocycles. The molecule has 0 fully saturated rings. The summed E-state index contributed by atoms with van der Waals surface area (Å²) in [7, 11) is 4.17. The maximum atomic E-state index is 3.26. The Hall–Kier alpha value is -1.02. The molecule has 0 radical (unpaired) electrons. The van der Waals surface area contributed by atoms with Crippen molar-refractivity contribution in [3.05, 3.63) is 29.8 Å². The highest BCUT2D eigenvalue weighted by molar-refractivity contribution is 5.46. The van der Waals surface area contributed by atoms with Crippen LogP contribution in [0, 0.1) is 0 Å². The van der Waals surface area contributed by atoms with E-state index in [-0.39, 0.29) is 0 Å². The zero-order valence-electron chi connectivity index (χ0n) is 11.0. The molecule has 90 valence electrons. The second-order valence-electron chi connectivity index (χ2n) is 4.42. The van der Waals surface area contributed by atoms with Gasteiger partial charge in [0.2, 0.25) is 0 Å². The summed E-state index contributed by atoms with van der Waals surface area (Å²) in [5.74, 6) is 0. The van der Waals surface area contributed by atoms with E-state index in [2.05, 4.69) is 55.4 Å². The second kappa shape index (κ2) is 6.54. The van der Waals surface area contributed by atoms with Crippen LogP contribution in [-0.2, 0) is 6.42 Å². The van der Waals surface area contributed by atoms with E-state index in [1.807, 2.05) is 7.05 Å². The van der Waals surface area contributed by atoms with Crippen LogP contribution >= 0.6 is 0 Å². The van der Waals surface area contributed by atoms with E-state index in [1.165, 1.54) is 17.7 Å². The van der Waals surface area contributed by atoms with E-state index in [0.29, 0.717) is 6.04 Å². The molecule has 1 rings (SSSR count). The Bertz CT molecular complexity index is 292. The van der Waals surface area contributed by atoms with Crippen molar-refractivity contribution in [2.24, 2.45) is 0 Å². The molecule has 0 aliphatic rings. The van der Waals surface area contributed by atoms with E-state index < -0.39 is 0 Å². The molecule has 0 aliphatic carbocycles. The number of aryl methyl sites for hydroxylation is 1. The molecule has 1 N–H and O–H groups in total. The molecule has 1 aromatic carbocycles. The van der Waals surface area contributed by atoms with Gasteiger partial charge >= 0.3 is 0 Å². The Morgan fingerprint density at radius 2 is 1.88 bits per heavy atom. The molecule has 0 spiro atoms. The minimum Gasteiger partial charge on any atom is -0.375 e. The smallest absolute Gasteiger partial charge is 0.0363 e. The molecule has 0 amide bonds. The Morgan fingerprint density at radius 3 is 2.38 bits per heavy atom. The summed E-state index contributed by atoms with van der Waals surface area (Å²) < 4.78 is 0. The summed E-state index contributed by atoms with van der Waals surface area (Å²) in [4.78, 5) is 2.31. The van der Waals surface area contributed by atoms with Gasteiger partial charge in [-0.05, 0) is 44.5 Å². The van der Waals surface area contributed by atoms with E-state index in [0.717, 1.165) is 13.0 Å². The molecule has 1 aromatic rings. The summed E-state index contributed by atoms with van der Waals surface area (Å²) in [6, 6.07) is 9.43. The van der Waals surface area contributed by atoms with Crippen LogP contribution in [-0.4, -0.2) is 26.7 Å². The number of benzene rings is 1. The summed E-state index contributed by atoms with van der Waals surface area (Å²) in [6.07, 6.45) is 2.28. The molecule has 1 atom stereocenters. The number of nitrogens with zero attached hydrogens (tertiary/aromatic N) is 1. The molecule has 2 heteroatoms. The maximum absolute atomic E-state index is 3.26. The fraction of sp³-hybridized carbons (Fsp3) is 0.571. The third-order valence-electron chi connectivity index (χ3n) is 3.18. The van der Waals surface area contributed by atoms with Gasteiger partial charge in [0.25, 0.3) is 0 Å². The van der Waals surface area contributed by atoms with Gasteiger partial charge in [-0.3, -0.25) is 0 Å². The van der Waals surface area contributed by atoms with Crippen molar-refractivity contribution in [2.45, 2.75) is 32.7 Å². The van der Waals surface area contributed by atoms with Crippen LogP contribution in [0.2, 0.25) is 0 Å². The van der Waals surface area contributed by atoms with Crippen molar-refractivity contribution >= 4 is 5.69 Å². The van der Waals surface area contributed by atoms with E-state index in [9.17, 15) is 0 Å². The molecule has 16 heavy (non-hydrogen) atoms. The topological polar surface area (TPSA) is 15.3 Å². The summed E-state index contributed by atoms with van der Waals surface area (Å²) in [5, 5.41) is 3.26. The number of rotatable bonds is 6. The monoisotopic (exact) mass is 220 g/mol. The van der Waals surface area contributed by atoms with Crippen molar-refractivity contribution in [1.29, 1.82) is 0 Å². The molecular formula is C14H24N2. The van der Waals surface area contributed by atoms with Crippen LogP contribution in [0.25, 0.3) is 0 Å². The fourth-order valence-electron chi connectivity index (χ4n) is 1.65. The minimum atomic E-state index is 0.581. The van der Waals surface area contributed by atoms with E-state index >= 15 is 0 Å². The van der Waals surface area contributed by atoms with Crippen LogP contribution in [0.15, 0.2) is 24.3 Å². The molecule has 1 unspecified atom stereocenters. The molecule has 0 aliphatic heterocycles. The largest absolute Gasteiger partial charge is 0.375 e. The lowest BCUT2D eigenvalue weighted by molar-refractivity contribution is 0.565. The van der Waals surface area contributed by atoms with Gasteiger partial charge in [-0.15, -0.1) is 0 Å². The highest BCUT2D eigenvalue weighted by atomic mass is 15.1. The summed E-state index contributed by atoms with van der Waals surface area (Å²) in [5.41, 5.74) is 2.71. The van der Waals surface area contributed by atoms with Gasteiger partial charge in [-0.25, -0.2) is 0 Å². The number of hydrogen-bond acceptors (Lipinski definition) is 2. The quantitative estimate of drug-likeness (QED) is 0.793.